The zero-order chi connectivity index (χ0) is 12.1. The quantitative estimate of drug-likeness (QED) is 0.558. The highest BCUT2D eigenvalue weighted by Gasteiger charge is 2.20. The normalized spacial score (nSPS) is 14.5. The van der Waals surface area contributed by atoms with Gasteiger partial charge in [0.25, 0.3) is 0 Å². The molecule has 1 rings (SSSR count). The Balaban J connectivity index is 2.74. The van der Waals surface area contributed by atoms with Crippen molar-refractivity contribution in [3.05, 3.63) is 23.5 Å². The van der Waals surface area contributed by atoms with Crippen molar-refractivity contribution in [2.75, 3.05) is 11.9 Å². The van der Waals surface area contributed by atoms with Gasteiger partial charge in [0.15, 0.2) is 0 Å². The minimum absolute atomic E-state index is 0.252. The summed E-state index contributed by atoms with van der Waals surface area (Å²) in [4.78, 5) is 14.0. The number of carbonyl (C=O) groups is 1. The van der Waals surface area contributed by atoms with Crippen LogP contribution in [0, 0.1) is 0 Å². The van der Waals surface area contributed by atoms with E-state index >= 15 is 0 Å². The summed E-state index contributed by atoms with van der Waals surface area (Å²) < 4.78 is 4.78. The van der Waals surface area contributed by atoms with Crippen molar-refractivity contribution in [2.24, 2.45) is 0 Å². The van der Waals surface area contributed by atoms with Crippen LogP contribution >= 0.6 is 15.9 Å². The lowest BCUT2D eigenvalue weighted by Gasteiger charge is -2.13. The molecule has 0 saturated carbocycles. The molecule has 90 valence electrons. The van der Waals surface area contributed by atoms with Gasteiger partial charge >= 0.3 is 5.97 Å². The van der Waals surface area contributed by atoms with E-state index in [2.05, 4.69) is 20.9 Å². The van der Waals surface area contributed by atoms with Gasteiger partial charge in [-0.2, -0.15) is 0 Å². The Hall–Kier alpha value is -0.850. The number of hydrogen-bond donors (Lipinski definition) is 3. The first-order valence-electron chi connectivity index (χ1n) is 4.88. The molecule has 6 heteroatoms. The van der Waals surface area contributed by atoms with Crippen LogP contribution in [-0.4, -0.2) is 39.2 Å². The smallest absolute Gasteiger partial charge is 0.354 e. The van der Waals surface area contributed by atoms with Crippen molar-refractivity contribution in [3.8, 4) is 0 Å². The van der Waals surface area contributed by atoms with Crippen molar-refractivity contribution < 1.29 is 19.7 Å². The average Bonchev–Trinajstić information content (AvgIpc) is 2.76. The van der Waals surface area contributed by atoms with E-state index in [1.807, 2.05) is 0 Å². The van der Waals surface area contributed by atoms with Gasteiger partial charge in [-0.05, 0) is 19.1 Å². The number of esters is 1. The number of aromatic nitrogens is 1. The molecule has 0 saturated heterocycles. The number of H-pyrrole nitrogens is 1. The van der Waals surface area contributed by atoms with Gasteiger partial charge in [-0.3, -0.25) is 0 Å². The van der Waals surface area contributed by atoms with Gasteiger partial charge in [0.1, 0.15) is 11.8 Å². The first-order chi connectivity index (χ1) is 7.60. The van der Waals surface area contributed by atoms with E-state index in [0.29, 0.717) is 12.3 Å². The van der Waals surface area contributed by atoms with Crippen LogP contribution < -0.4 is 0 Å². The third kappa shape index (κ3) is 3.07. The van der Waals surface area contributed by atoms with Gasteiger partial charge in [0, 0.05) is 11.0 Å². The molecule has 0 aliphatic heterocycles. The number of aliphatic hydroxyl groups is 2. The summed E-state index contributed by atoms with van der Waals surface area (Å²) in [6, 6.07) is 3.06. The van der Waals surface area contributed by atoms with Crippen LogP contribution in [0.2, 0.25) is 0 Å². The second-order valence-corrected chi connectivity index (χ2v) is 3.86. The molecule has 1 heterocycles. The van der Waals surface area contributed by atoms with Crippen LogP contribution in [0.3, 0.4) is 0 Å². The summed E-state index contributed by atoms with van der Waals surface area (Å²) in [6.45, 7) is 2.00. The molecular weight excluding hydrogens is 278 g/mol. The molecule has 0 aliphatic carbocycles. The van der Waals surface area contributed by atoms with Gasteiger partial charge in [-0.25, -0.2) is 4.79 Å². The zero-order valence-electron chi connectivity index (χ0n) is 8.81. The first-order valence-corrected chi connectivity index (χ1v) is 6.00. The molecular formula is C10H14BrNO4. The summed E-state index contributed by atoms with van der Waals surface area (Å²) in [6.07, 6.45) is -1.98. The third-order valence-corrected chi connectivity index (χ3v) is 2.71. The first kappa shape index (κ1) is 13.2. The molecule has 1 aromatic rings. The molecule has 2 atom stereocenters. The molecule has 0 spiro atoms. The lowest BCUT2D eigenvalue weighted by molar-refractivity contribution is 0.0315. The number of rotatable bonds is 5. The minimum atomic E-state index is -1.05. The van der Waals surface area contributed by atoms with Crippen molar-refractivity contribution >= 4 is 21.9 Å². The van der Waals surface area contributed by atoms with Crippen molar-refractivity contribution in [2.45, 2.75) is 19.1 Å². The van der Waals surface area contributed by atoms with E-state index in [1.54, 1.807) is 13.0 Å². The van der Waals surface area contributed by atoms with Gasteiger partial charge in [0.05, 0.1) is 12.7 Å². The van der Waals surface area contributed by atoms with Crippen molar-refractivity contribution in [1.82, 2.24) is 4.98 Å². The zero-order valence-corrected chi connectivity index (χ0v) is 10.4. The van der Waals surface area contributed by atoms with E-state index in [4.69, 9.17) is 4.74 Å². The maximum Gasteiger partial charge on any atom is 0.354 e. The fourth-order valence-electron chi connectivity index (χ4n) is 1.20. The molecule has 0 amide bonds. The fourth-order valence-corrected chi connectivity index (χ4v) is 1.56. The highest BCUT2D eigenvalue weighted by atomic mass is 79.9. The van der Waals surface area contributed by atoms with Crippen molar-refractivity contribution in [3.63, 3.8) is 0 Å². The Labute approximate surface area is 102 Å². The fraction of sp³-hybridized carbons (Fsp3) is 0.500. The average molecular weight is 292 g/mol. The Kier molecular flexibility index (Phi) is 4.98. The Morgan fingerprint density at radius 2 is 2.25 bits per heavy atom. The molecule has 1 aromatic heterocycles. The van der Waals surface area contributed by atoms with Crippen LogP contribution in [0.1, 0.15) is 29.2 Å². The summed E-state index contributed by atoms with van der Waals surface area (Å²) in [5.74, 6) is -0.478. The molecule has 5 nitrogen and oxygen atoms in total. The molecule has 0 bridgehead atoms. The van der Waals surface area contributed by atoms with Crippen LogP contribution in [0.15, 0.2) is 12.1 Å². The summed E-state index contributed by atoms with van der Waals surface area (Å²) in [7, 11) is 0. The number of nitrogens with one attached hydrogen (secondary N) is 1. The standard InChI is InChI=1S/C10H14BrNO4/c1-2-16-10(15)7-4-3-6(12-7)9(14)8(13)5-11/h3-4,8-9,12-14H,2,5H2,1H3. The second-order valence-electron chi connectivity index (χ2n) is 3.21. The van der Waals surface area contributed by atoms with E-state index in [-0.39, 0.29) is 11.0 Å². The predicted molar refractivity (Wildman–Crippen MR) is 61.5 cm³/mol. The molecule has 16 heavy (non-hydrogen) atoms. The monoisotopic (exact) mass is 291 g/mol. The molecule has 3 N–H and O–H groups in total. The molecule has 0 aromatic carbocycles. The highest BCUT2D eigenvalue weighted by Crippen LogP contribution is 2.17. The Morgan fingerprint density at radius 1 is 1.56 bits per heavy atom. The predicted octanol–water partition coefficient (Wildman–Crippen LogP) is 0.981. The number of alkyl halides is 1. The van der Waals surface area contributed by atoms with Gasteiger partial charge in [0.2, 0.25) is 0 Å². The highest BCUT2D eigenvalue weighted by molar-refractivity contribution is 9.09. The molecule has 0 aliphatic rings. The van der Waals surface area contributed by atoms with Crippen LogP contribution in [0.5, 0.6) is 0 Å². The third-order valence-electron chi connectivity index (χ3n) is 2.05. The van der Waals surface area contributed by atoms with E-state index in [0.717, 1.165) is 0 Å². The number of halogens is 1. The van der Waals surface area contributed by atoms with Gasteiger partial charge in [-0.15, -0.1) is 0 Å². The topological polar surface area (TPSA) is 82.6 Å². The molecule has 0 fully saturated rings. The lowest BCUT2D eigenvalue weighted by atomic mass is 10.2. The van der Waals surface area contributed by atoms with Crippen LogP contribution in [0.4, 0.5) is 0 Å². The van der Waals surface area contributed by atoms with Crippen LogP contribution in [-0.2, 0) is 4.74 Å². The van der Waals surface area contributed by atoms with Crippen LogP contribution in [0.25, 0.3) is 0 Å². The number of ether oxygens (including phenoxy) is 1. The summed E-state index contributed by atoms with van der Waals surface area (Å²) >= 11 is 3.06. The minimum Gasteiger partial charge on any atom is -0.461 e. The number of carbonyl (C=O) groups excluding carboxylic acids is 1. The maximum atomic E-state index is 11.3. The van der Waals surface area contributed by atoms with E-state index in [1.165, 1.54) is 6.07 Å². The van der Waals surface area contributed by atoms with Crippen molar-refractivity contribution in [1.29, 1.82) is 0 Å². The number of aromatic amines is 1. The summed E-state index contributed by atoms with van der Waals surface area (Å²) in [5, 5.41) is 19.3. The van der Waals surface area contributed by atoms with Gasteiger partial charge in [-0.1, -0.05) is 15.9 Å². The molecule has 0 radical (unpaired) electrons. The Bertz CT molecular complexity index is 352. The maximum absolute atomic E-state index is 11.3. The number of aliphatic hydroxyl groups excluding tert-OH is 2. The number of hydrogen-bond acceptors (Lipinski definition) is 4. The van der Waals surface area contributed by atoms with E-state index < -0.39 is 18.2 Å². The van der Waals surface area contributed by atoms with E-state index in [9.17, 15) is 15.0 Å². The molecule has 2 unspecified atom stereocenters. The van der Waals surface area contributed by atoms with Gasteiger partial charge < -0.3 is 19.9 Å². The Morgan fingerprint density at radius 3 is 2.81 bits per heavy atom. The lowest BCUT2D eigenvalue weighted by Crippen LogP contribution is -2.20. The second kappa shape index (κ2) is 6.03. The largest absolute Gasteiger partial charge is 0.461 e. The summed E-state index contributed by atoms with van der Waals surface area (Å²) in [5.41, 5.74) is 0.646. The SMILES string of the molecule is CCOC(=O)c1ccc(C(O)C(O)CBr)[nH]1.